The topological polar surface area (TPSA) is 60.4 Å². The maximum Gasteiger partial charge on any atom is 0.321 e. The van der Waals surface area contributed by atoms with Crippen molar-refractivity contribution in [2.24, 2.45) is 0 Å². The fourth-order valence-corrected chi connectivity index (χ4v) is 2.51. The lowest BCUT2D eigenvalue weighted by Gasteiger charge is -2.04. The smallest absolute Gasteiger partial charge is 0.321 e. The first-order chi connectivity index (χ1) is 7.93. The van der Waals surface area contributed by atoms with Gasteiger partial charge in [0.05, 0.1) is 12.4 Å². The van der Waals surface area contributed by atoms with Crippen molar-refractivity contribution in [3.63, 3.8) is 0 Å². The zero-order chi connectivity index (χ0) is 12.9. The van der Waals surface area contributed by atoms with E-state index in [4.69, 9.17) is 0 Å². The second-order valence-corrected chi connectivity index (χ2v) is 5.53. The van der Waals surface area contributed by atoms with Gasteiger partial charge in [-0.05, 0) is 24.6 Å². The molecule has 0 aliphatic rings. The van der Waals surface area contributed by atoms with E-state index in [1.54, 1.807) is 6.92 Å². The average molecular weight is 260 g/mol. The number of esters is 1. The van der Waals surface area contributed by atoms with E-state index >= 15 is 0 Å². The zero-order valence-corrected chi connectivity index (χ0v) is 10.2. The van der Waals surface area contributed by atoms with E-state index in [0.717, 1.165) is 0 Å². The van der Waals surface area contributed by atoms with E-state index < -0.39 is 27.4 Å². The molecule has 4 nitrogen and oxygen atoms in total. The minimum absolute atomic E-state index is 0.144. The van der Waals surface area contributed by atoms with E-state index in [2.05, 4.69) is 4.74 Å². The van der Waals surface area contributed by atoms with Crippen molar-refractivity contribution in [2.45, 2.75) is 12.7 Å². The minimum Gasteiger partial charge on any atom is -0.465 e. The van der Waals surface area contributed by atoms with E-state index in [1.165, 1.54) is 24.3 Å². The van der Waals surface area contributed by atoms with Gasteiger partial charge in [0.2, 0.25) is 0 Å². The first-order valence-corrected chi connectivity index (χ1v) is 6.85. The molecule has 0 unspecified atom stereocenters. The molecule has 0 aliphatic heterocycles. The predicted octanol–water partition coefficient (Wildman–Crippen LogP) is 1.30. The van der Waals surface area contributed by atoms with Crippen LogP contribution in [0.3, 0.4) is 0 Å². The molecule has 1 aromatic carbocycles. The van der Waals surface area contributed by atoms with Crippen molar-refractivity contribution in [3.8, 4) is 0 Å². The molecule has 1 rings (SSSR count). The molecule has 0 heterocycles. The van der Waals surface area contributed by atoms with Gasteiger partial charge in [-0.25, -0.2) is 12.8 Å². The van der Waals surface area contributed by atoms with Crippen LogP contribution in [0.15, 0.2) is 24.3 Å². The molecule has 0 radical (unpaired) electrons. The number of hydrogen-bond donors (Lipinski definition) is 0. The molecule has 0 spiro atoms. The number of ether oxygens (including phenoxy) is 1. The van der Waals surface area contributed by atoms with Crippen molar-refractivity contribution in [2.75, 3.05) is 12.4 Å². The van der Waals surface area contributed by atoms with Crippen LogP contribution in [0, 0.1) is 5.82 Å². The number of benzene rings is 1. The third kappa shape index (κ3) is 4.95. The van der Waals surface area contributed by atoms with E-state index in [-0.39, 0.29) is 12.4 Å². The van der Waals surface area contributed by atoms with Gasteiger partial charge in [-0.2, -0.15) is 0 Å². The van der Waals surface area contributed by atoms with Gasteiger partial charge in [0.25, 0.3) is 0 Å². The second kappa shape index (κ2) is 5.77. The van der Waals surface area contributed by atoms with Gasteiger partial charge in [0, 0.05) is 0 Å². The quantitative estimate of drug-likeness (QED) is 0.749. The molecule has 1 aromatic rings. The fraction of sp³-hybridized carbons (Fsp3) is 0.364. The number of hydrogen-bond acceptors (Lipinski definition) is 4. The SMILES string of the molecule is CCOC(=O)CS(=O)(=O)Cc1ccc(F)cc1. The first-order valence-electron chi connectivity index (χ1n) is 5.03. The summed E-state index contributed by atoms with van der Waals surface area (Å²) in [6.07, 6.45) is 0. The van der Waals surface area contributed by atoms with Crippen LogP contribution in [0.2, 0.25) is 0 Å². The molecule has 17 heavy (non-hydrogen) atoms. The monoisotopic (exact) mass is 260 g/mol. The Labute approximate surface area is 99.3 Å². The van der Waals surface area contributed by atoms with Crippen LogP contribution in [-0.2, 0) is 25.1 Å². The highest BCUT2D eigenvalue weighted by Gasteiger charge is 2.18. The summed E-state index contributed by atoms with van der Waals surface area (Å²) in [6, 6.07) is 5.10. The van der Waals surface area contributed by atoms with Crippen LogP contribution in [0.5, 0.6) is 0 Å². The Morgan fingerprint density at radius 2 is 1.88 bits per heavy atom. The number of rotatable bonds is 5. The lowest BCUT2D eigenvalue weighted by Crippen LogP contribution is -2.19. The molecule has 0 bridgehead atoms. The van der Waals surface area contributed by atoms with Crippen LogP contribution in [0.1, 0.15) is 12.5 Å². The molecule has 0 saturated heterocycles. The van der Waals surface area contributed by atoms with Crippen molar-refractivity contribution in [3.05, 3.63) is 35.6 Å². The molecule has 0 fully saturated rings. The summed E-state index contributed by atoms with van der Waals surface area (Å²) >= 11 is 0. The lowest BCUT2D eigenvalue weighted by atomic mass is 10.2. The predicted molar refractivity (Wildman–Crippen MR) is 60.5 cm³/mol. The molecular formula is C11H13FO4S. The molecule has 0 atom stereocenters. The Balaban J connectivity index is 2.66. The normalized spacial score (nSPS) is 11.2. The highest BCUT2D eigenvalue weighted by atomic mass is 32.2. The van der Waals surface area contributed by atoms with Crippen molar-refractivity contribution in [1.29, 1.82) is 0 Å². The van der Waals surface area contributed by atoms with Gasteiger partial charge in [-0.3, -0.25) is 4.79 Å². The fourth-order valence-electron chi connectivity index (χ4n) is 1.27. The third-order valence-corrected chi connectivity index (χ3v) is 3.39. The summed E-state index contributed by atoms with van der Waals surface area (Å²) in [5.74, 6) is -2.16. The first kappa shape index (κ1) is 13.6. The highest BCUT2D eigenvalue weighted by molar-refractivity contribution is 7.91. The van der Waals surface area contributed by atoms with Crippen LogP contribution in [0.25, 0.3) is 0 Å². The number of halogens is 1. The Kier molecular flexibility index (Phi) is 4.62. The third-order valence-electron chi connectivity index (χ3n) is 1.94. The summed E-state index contributed by atoms with van der Waals surface area (Å²) in [4.78, 5) is 11.0. The van der Waals surface area contributed by atoms with Gasteiger partial charge >= 0.3 is 5.97 Å². The summed E-state index contributed by atoms with van der Waals surface area (Å²) in [6.45, 7) is 1.75. The van der Waals surface area contributed by atoms with Gasteiger partial charge in [0.15, 0.2) is 9.84 Å². The molecule has 0 saturated carbocycles. The molecule has 0 aromatic heterocycles. The maximum absolute atomic E-state index is 12.6. The average Bonchev–Trinajstić information content (AvgIpc) is 2.20. The summed E-state index contributed by atoms with van der Waals surface area (Å²) < 4.78 is 40.3. The molecule has 0 amide bonds. The Hall–Kier alpha value is -1.43. The zero-order valence-electron chi connectivity index (χ0n) is 9.35. The van der Waals surface area contributed by atoms with E-state index in [0.29, 0.717) is 5.56 Å². The molecule has 0 aliphatic carbocycles. The van der Waals surface area contributed by atoms with Gasteiger partial charge in [-0.15, -0.1) is 0 Å². The molecular weight excluding hydrogens is 247 g/mol. The maximum atomic E-state index is 12.6. The van der Waals surface area contributed by atoms with E-state index in [1.807, 2.05) is 0 Å². The van der Waals surface area contributed by atoms with Crippen molar-refractivity contribution >= 4 is 15.8 Å². The standard InChI is InChI=1S/C11H13FO4S/c1-2-16-11(13)8-17(14,15)7-9-3-5-10(12)6-4-9/h3-6H,2,7-8H2,1H3. The van der Waals surface area contributed by atoms with Gasteiger partial charge in [-0.1, -0.05) is 12.1 Å². The lowest BCUT2D eigenvalue weighted by molar-refractivity contribution is -0.139. The van der Waals surface area contributed by atoms with E-state index in [9.17, 15) is 17.6 Å². The van der Waals surface area contributed by atoms with Gasteiger partial charge in [0.1, 0.15) is 11.6 Å². The van der Waals surface area contributed by atoms with Crippen LogP contribution >= 0.6 is 0 Å². The minimum atomic E-state index is -3.57. The van der Waals surface area contributed by atoms with Crippen molar-refractivity contribution < 1.29 is 22.3 Å². The van der Waals surface area contributed by atoms with Crippen molar-refractivity contribution in [1.82, 2.24) is 0 Å². The number of carbonyl (C=O) groups excluding carboxylic acids is 1. The Bertz CT molecular complexity index is 479. The number of sulfone groups is 1. The van der Waals surface area contributed by atoms with Gasteiger partial charge < -0.3 is 4.74 Å². The largest absolute Gasteiger partial charge is 0.465 e. The van der Waals surface area contributed by atoms with Crippen LogP contribution in [0.4, 0.5) is 4.39 Å². The Morgan fingerprint density at radius 3 is 2.41 bits per heavy atom. The summed E-state index contributed by atoms with van der Waals surface area (Å²) in [5, 5.41) is 0. The molecule has 94 valence electrons. The molecule has 0 N–H and O–H groups in total. The summed E-state index contributed by atoms with van der Waals surface area (Å²) in [5.41, 5.74) is 0.440. The highest BCUT2D eigenvalue weighted by Crippen LogP contribution is 2.08. The van der Waals surface area contributed by atoms with Crippen LogP contribution < -0.4 is 0 Å². The Morgan fingerprint density at radius 1 is 1.29 bits per heavy atom. The second-order valence-electron chi connectivity index (χ2n) is 3.46. The molecule has 6 heteroatoms. The summed E-state index contributed by atoms with van der Waals surface area (Å²) in [7, 11) is -3.57. The van der Waals surface area contributed by atoms with Crippen LogP contribution in [-0.4, -0.2) is 26.7 Å². The number of carbonyl (C=O) groups is 1.